The monoisotopic (exact) mass is 388 g/mol. The second kappa shape index (κ2) is 7.62. The Morgan fingerprint density at radius 3 is 2.54 bits per heavy atom. The van der Waals surface area contributed by atoms with E-state index in [-0.39, 0.29) is 5.56 Å². The van der Waals surface area contributed by atoms with Crippen LogP contribution in [0.15, 0.2) is 15.8 Å². The molecule has 0 aromatic carbocycles. The fourth-order valence-corrected chi connectivity index (χ4v) is 3.73. The van der Waals surface area contributed by atoms with Crippen molar-refractivity contribution in [3.63, 3.8) is 0 Å². The first-order valence-electron chi connectivity index (χ1n) is 8.15. The Morgan fingerprint density at radius 1 is 1.38 bits per heavy atom. The molecule has 1 aliphatic rings. The van der Waals surface area contributed by atoms with E-state index in [1.165, 1.54) is 0 Å². The number of aliphatic hydroxyl groups excluding tert-OH is 3. The largest absolute Gasteiger partial charge is 0.388 e. The summed E-state index contributed by atoms with van der Waals surface area (Å²) in [5.41, 5.74) is -2.12. The Bertz CT molecular complexity index is 840. The Morgan fingerprint density at radius 2 is 2.00 bits per heavy atom. The molecule has 0 aliphatic carbocycles. The summed E-state index contributed by atoms with van der Waals surface area (Å²) in [4.78, 5) is 37.3. The molecule has 0 amide bonds. The van der Waals surface area contributed by atoms with Crippen molar-refractivity contribution in [2.24, 2.45) is 0 Å². The van der Waals surface area contributed by atoms with Crippen molar-refractivity contribution in [2.45, 2.75) is 44.0 Å². The van der Waals surface area contributed by atoms with Crippen LogP contribution in [0.4, 0.5) is 0 Å². The molecule has 4 N–H and O–H groups in total. The molecule has 2 rings (SSSR count). The minimum absolute atomic E-state index is 0.337. The van der Waals surface area contributed by atoms with E-state index in [2.05, 4.69) is 6.30 Å². The maximum absolute atomic E-state index is 12.1. The van der Waals surface area contributed by atoms with Gasteiger partial charge in [-0.2, -0.15) is 0 Å². The third kappa shape index (κ3) is 4.42. The molecule has 0 radical (unpaired) electrons. The van der Waals surface area contributed by atoms with Crippen LogP contribution in [-0.4, -0.2) is 74.8 Å². The molecule has 146 valence electrons. The molecule has 1 saturated heterocycles. The maximum Gasteiger partial charge on any atom is 0.330 e. The quantitative estimate of drug-likeness (QED) is 0.452. The van der Waals surface area contributed by atoms with E-state index < -0.39 is 54.6 Å². The van der Waals surface area contributed by atoms with E-state index in [9.17, 15) is 29.7 Å². The molecule has 0 saturated carbocycles. The molecule has 0 spiro atoms. The fourth-order valence-electron chi connectivity index (χ4n) is 2.78. The zero-order chi connectivity index (χ0) is 19.8. The molecule has 2 heterocycles. The molecule has 1 aliphatic heterocycles. The van der Waals surface area contributed by atoms with Gasteiger partial charge in [-0.25, -0.2) is 4.79 Å². The maximum atomic E-state index is 12.1. The average molecular weight is 388 g/mol. The summed E-state index contributed by atoms with van der Waals surface area (Å²) in [6.45, 7) is 3.80. The highest BCUT2D eigenvalue weighted by atomic mass is 31.2. The lowest BCUT2D eigenvalue weighted by atomic mass is 10.1. The first kappa shape index (κ1) is 20.8. The topological polar surface area (TPSA) is 142 Å². The van der Waals surface area contributed by atoms with Crippen molar-refractivity contribution in [1.29, 1.82) is 0 Å². The van der Waals surface area contributed by atoms with Crippen molar-refractivity contribution in [3.05, 3.63) is 32.6 Å². The predicted molar refractivity (Wildman–Crippen MR) is 98.3 cm³/mol. The number of carbonyl (C=O) groups excluding carboxylic acids is 1. The van der Waals surface area contributed by atoms with E-state index in [0.717, 1.165) is 23.8 Å². The number of hydrogen-bond acceptors (Lipinski definition) is 7. The number of Topliss-reactive ketones (excluding diaryl/α,β-unsaturated/α-hetero) is 1. The molecule has 10 heteroatoms. The fraction of sp³-hybridized carbons (Fsp3) is 0.625. The van der Waals surface area contributed by atoms with E-state index in [4.69, 9.17) is 4.74 Å². The molecular weight excluding hydrogens is 363 g/mol. The van der Waals surface area contributed by atoms with Crippen LogP contribution in [-0.2, 0) is 9.53 Å². The van der Waals surface area contributed by atoms with Crippen LogP contribution in [0.1, 0.15) is 31.2 Å². The van der Waals surface area contributed by atoms with Crippen LogP contribution < -0.4 is 11.2 Å². The number of ketones is 1. The number of nitrogens with one attached hydrogen (secondary N) is 1. The molecule has 1 aromatic rings. The standard InChI is InChI=1S/C16H25N2O7P/c1-8(19)11(20)9-7-18(16(24)17-14(9)23)15-13(22)12(21)10(25-15)5-6-26(2,3)4/h7,10-13,15,20-22H,2,5-6H2,1,3-4H3,(H,17,23,24)/t10?,11?,12-,13-,15-/m1/s1. The molecular formula is C16H25N2O7P. The number of aliphatic hydroxyl groups is 3. The number of nitrogens with zero attached hydrogens (tertiary/aromatic N) is 1. The van der Waals surface area contributed by atoms with Crippen molar-refractivity contribution >= 4 is 19.0 Å². The third-order valence-electron chi connectivity index (χ3n) is 4.31. The van der Waals surface area contributed by atoms with Crippen LogP contribution in [0, 0.1) is 0 Å². The average Bonchev–Trinajstić information content (AvgIpc) is 2.80. The van der Waals surface area contributed by atoms with Crippen LogP contribution >= 0.6 is 6.89 Å². The van der Waals surface area contributed by atoms with Gasteiger partial charge in [-0.05, 0) is 32.8 Å². The summed E-state index contributed by atoms with van der Waals surface area (Å²) in [7, 11) is 0. The molecule has 2 unspecified atom stereocenters. The summed E-state index contributed by atoms with van der Waals surface area (Å²) in [6.07, 6.45) is -0.0283. The Balaban J connectivity index is 2.34. The van der Waals surface area contributed by atoms with Gasteiger partial charge in [0.1, 0.15) is 18.3 Å². The van der Waals surface area contributed by atoms with Crippen LogP contribution in [0.3, 0.4) is 0 Å². The van der Waals surface area contributed by atoms with Gasteiger partial charge in [-0.1, -0.05) is 0 Å². The lowest BCUT2D eigenvalue weighted by Crippen LogP contribution is -2.39. The zero-order valence-electron chi connectivity index (χ0n) is 15.0. The minimum atomic E-state index is -1.71. The summed E-state index contributed by atoms with van der Waals surface area (Å²) in [5.74, 6) is -0.673. The van der Waals surface area contributed by atoms with Gasteiger partial charge < -0.3 is 20.1 Å². The van der Waals surface area contributed by atoms with E-state index in [1.54, 1.807) is 0 Å². The number of aromatic nitrogens is 2. The lowest BCUT2D eigenvalue weighted by molar-refractivity contribution is -0.125. The summed E-state index contributed by atoms with van der Waals surface area (Å²) < 4.78 is 6.52. The first-order chi connectivity index (χ1) is 11.9. The van der Waals surface area contributed by atoms with Crippen molar-refractivity contribution in [3.8, 4) is 0 Å². The van der Waals surface area contributed by atoms with Gasteiger partial charge in [-0.3, -0.25) is 19.1 Å². The van der Waals surface area contributed by atoms with Gasteiger partial charge in [0.05, 0.1) is 11.7 Å². The van der Waals surface area contributed by atoms with Gasteiger partial charge >= 0.3 is 5.69 Å². The minimum Gasteiger partial charge on any atom is -0.388 e. The van der Waals surface area contributed by atoms with Crippen LogP contribution in [0.5, 0.6) is 0 Å². The smallest absolute Gasteiger partial charge is 0.330 e. The first-order valence-corrected chi connectivity index (χ1v) is 11.2. The van der Waals surface area contributed by atoms with Gasteiger partial charge in [-0.15, -0.1) is 13.2 Å². The summed E-state index contributed by atoms with van der Waals surface area (Å²) >= 11 is 0. The normalized spacial score (nSPS) is 27.5. The lowest BCUT2D eigenvalue weighted by Gasteiger charge is -2.19. The van der Waals surface area contributed by atoms with Crippen LogP contribution in [0.2, 0.25) is 0 Å². The summed E-state index contributed by atoms with van der Waals surface area (Å²) in [6, 6.07) is 0. The van der Waals surface area contributed by atoms with E-state index in [0.29, 0.717) is 6.42 Å². The molecule has 5 atom stereocenters. The van der Waals surface area contributed by atoms with Crippen molar-refractivity contribution in [2.75, 3.05) is 19.5 Å². The van der Waals surface area contributed by atoms with Gasteiger partial charge in [0.15, 0.2) is 12.0 Å². The Hall–Kier alpha value is -1.51. The Labute approximate surface area is 150 Å². The van der Waals surface area contributed by atoms with E-state index in [1.807, 2.05) is 18.3 Å². The number of rotatable bonds is 6. The third-order valence-corrected chi connectivity index (χ3v) is 5.77. The molecule has 9 nitrogen and oxygen atoms in total. The van der Waals surface area contributed by atoms with Crippen LogP contribution in [0.25, 0.3) is 0 Å². The van der Waals surface area contributed by atoms with Crippen molar-refractivity contribution in [1.82, 2.24) is 9.55 Å². The van der Waals surface area contributed by atoms with Gasteiger partial charge in [0, 0.05) is 6.20 Å². The van der Waals surface area contributed by atoms with E-state index >= 15 is 0 Å². The predicted octanol–water partition coefficient (Wildman–Crippen LogP) is -1.12. The number of aromatic amines is 1. The number of ether oxygens (including phenoxy) is 1. The highest BCUT2D eigenvalue weighted by Gasteiger charge is 2.44. The number of H-pyrrole nitrogens is 1. The molecule has 1 aromatic heterocycles. The highest BCUT2D eigenvalue weighted by Crippen LogP contribution is 2.39. The Kier molecular flexibility index (Phi) is 6.09. The number of hydrogen-bond donors (Lipinski definition) is 4. The second-order valence-corrected chi connectivity index (χ2v) is 11.6. The zero-order valence-corrected chi connectivity index (χ0v) is 15.8. The van der Waals surface area contributed by atoms with Gasteiger partial charge in [0.2, 0.25) is 0 Å². The molecule has 26 heavy (non-hydrogen) atoms. The second-order valence-electron chi connectivity index (χ2n) is 7.26. The summed E-state index contributed by atoms with van der Waals surface area (Å²) in [5, 5.41) is 30.3. The molecule has 1 fully saturated rings. The van der Waals surface area contributed by atoms with Crippen molar-refractivity contribution < 1.29 is 24.9 Å². The number of carbonyl (C=O) groups is 1. The SMILES string of the molecule is C=P(C)(C)CCC1O[C@@H](n2cc(C(O)C(C)=O)c(=O)[nH]c2=O)[C@H](O)[C@@H]1O. The molecule has 0 bridgehead atoms. The van der Waals surface area contributed by atoms with Gasteiger partial charge in [0.25, 0.3) is 5.56 Å². The highest BCUT2D eigenvalue weighted by molar-refractivity contribution is 7.72.